The molecule has 0 radical (unpaired) electrons. The summed E-state index contributed by atoms with van der Waals surface area (Å²) in [6.45, 7) is 6.58. The number of hydrogen-bond donors (Lipinski definition) is 3. The fourth-order valence-electron chi connectivity index (χ4n) is 3.21. The molecule has 0 unspecified atom stereocenters. The van der Waals surface area contributed by atoms with Crippen molar-refractivity contribution in [3.05, 3.63) is 59.9 Å². The van der Waals surface area contributed by atoms with Crippen LogP contribution >= 0.6 is 0 Å². The molecule has 10 heteroatoms. The molecule has 1 aromatic heterocycles. The molecule has 2 aromatic carbocycles. The summed E-state index contributed by atoms with van der Waals surface area (Å²) in [7, 11) is 1.40. The first-order valence-corrected chi connectivity index (χ1v) is 9.36. The average molecular weight is 446 g/mol. The SMILES string of the molecule is C=C(C(N)=O)c1cc2c(Nc3cc(C(F)(F)F)ccc3C(C)(C)O)ncnc2cc1OC. The van der Waals surface area contributed by atoms with E-state index in [1.807, 2.05) is 0 Å². The molecule has 0 fully saturated rings. The molecule has 4 N–H and O–H groups in total. The molecular weight excluding hydrogens is 425 g/mol. The Morgan fingerprint density at radius 2 is 1.88 bits per heavy atom. The van der Waals surface area contributed by atoms with Gasteiger partial charge >= 0.3 is 6.18 Å². The molecule has 0 saturated heterocycles. The molecule has 0 saturated carbocycles. The van der Waals surface area contributed by atoms with Crippen LogP contribution in [-0.4, -0.2) is 28.1 Å². The number of anilines is 2. The molecule has 168 valence electrons. The van der Waals surface area contributed by atoms with Gasteiger partial charge in [-0.3, -0.25) is 4.79 Å². The minimum absolute atomic E-state index is 0.0124. The number of carbonyl (C=O) groups excluding carboxylic acids is 1. The Morgan fingerprint density at radius 3 is 2.44 bits per heavy atom. The molecule has 0 aliphatic heterocycles. The molecule has 3 rings (SSSR count). The number of nitrogens with two attached hydrogens (primary N) is 1. The van der Waals surface area contributed by atoms with Gasteiger partial charge in [0.05, 0.1) is 23.8 Å². The summed E-state index contributed by atoms with van der Waals surface area (Å²) in [5, 5.41) is 13.7. The van der Waals surface area contributed by atoms with Crippen molar-refractivity contribution in [2.75, 3.05) is 12.4 Å². The van der Waals surface area contributed by atoms with Crippen LogP contribution in [0.15, 0.2) is 43.2 Å². The number of nitrogens with one attached hydrogen (secondary N) is 1. The lowest BCUT2D eigenvalue weighted by Crippen LogP contribution is -2.19. The predicted molar refractivity (Wildman–Crippen MR) is 114 cm³/mol. The number of fused-ring (bicyclic) bond motifs is 1. The minimum Gasteiger partial charge on any atom is -0.496 e. The third-order valence-corrected chi connectivity index (χ3v) is 4.84. The number of alkyl halides is 3. The van der Waals surface area contributed by atoms with Crippen LogP contribution in [0.3, 0.4) is 0 Å². The van der Waals surface area contributed by atoms with Gasteiger partial charge < -0.3 is 20.9 Å². The first-order valence-electron chi connectivity index (χ1n) is 9.36. The van der Waals surface area contributed by atoms with E-state index in [-0.39, 0.29) is 28.2 Å². The molecule has 0 aliphatic rings. The van der Waals surface area contributed by atoms with Gasteiger partial charge in [-0.1, -0.05) is 12.6 Å². The van der Waals surface area contributed by atoms with E-state index < -0.39 is 23.2 Å². The van der Waals surface area contributed by atoms with Gasteiger partial charge in [0.1, 0.15) is 17.9 Å². The molecule has 0 aliphatic carbocycles. The summed E-state index contributed by atoms with van der Waals surface area (Å²) in [4.78, 5) is 20.0. The zero-order valence-electron chi connectivity index (χ0n) is 17.5. The molecular formula is C22H21F3N4O3. The maximum Gasteiger partial charge on any atom is 0.416 e. The first-order chi connectivity index (χ1) is 14.8. The van der Waals surface area contributed by atoms with Gasteiger partial charge in [-0.25, -0.2) is 9.97 Å². The van der Waals surface area contributed by atoms with Crippen molar-refractivity contribution in [3.8, 4) is 5.75 Å². The number of nitrogens with zero attached hydrogens (tertiary/aromatic N) is 2. The highest BCUT2D eigenvalue weighted by molar-refractivity contribution is 6.19. The molecule has 3 aromatic rings. The van der Waals surface area contributed by atoms with Crippen LogP contribution in [0, 0.1) is 0 Å². The highest BCUT2D eigenvalue weighted by Crippen LogP contribution is 2.38. The van der Waals surface area contributed by atoms with E-state index in [9.17, 15) is 23.1 Å². The van der Waals surface area contributed by atoms with Crippen molar-refractivity contribution in [3.63, 3.8) is 0 Å². The topological polar surface area (TPSA) is 110 Å². The van der Waals surface area contributed by atoms with Crippen molar-refractivity contribution in [2.24, 2.45) is 5.73 Å². The number of ether oxygens (including phenoxy) is 1. The molecule has 0 atom stereocenters. The second-order valence-corrected chi connectivity index (χ2v) is 7.58. The zero-order valence-corrected chi connectivity index (χ0v) is 17.5. The van der Waals surface area contributed by atoms with Crippen LogP contribution in [0.5, 0.6) is 5.75 Å². The normalized spacial score (nSPS) is 12.0. The molecule has 0 spiro atoms. The number of methoxy groups -OCH3 is 1. The van der Waals surface area contributed by atoms with E-state index in [2.05, 4.69) is 21.9 Å². The Kier molecular flexibility index (Phi) is 5.84. The van der Waals surface area contributed by atoms with Gasteiger partial charge in [0, 0.05) is 33.8 Å². The van der Waals surface area contributed by atoms with Crippen molar-refractivity contribution in [2.45, 2.75) is 25.6 Å². The van der Waals surface area contributed by atoms with Crippen LogP contribution in [-0.2, 0) is 16.6 Å². The lowest BCUT2D eigenvalue weighted by molar-refractivity contribution is -0.137. The molecule has 1 heterocycles. The maximum absolute atomic E-state index is 13.3. The second kappa shape index (κ2) is 8.12. The van der Waals surface area contributed by atoms with Crippen LogP contribution in [0.4, 0.5) is 24.7 Å². The predicted octanol–water partition coefficient (Wildman–Crippen LogP) is 4.13. The Balaban J connectivity index is 2.22. The van der Waals surface area contributed by atoms with Crippen molar-refractivity contribution in [1.29, 1.82) is 0 Å². The van der Waals surface area contributed by atoms with Crippen LogP contribution < -0.4 is 15.8 Å². The Hall–Kier alpha value is -3.66. The number of rotatable bonds is 6. The third-order valence-electron chi connectivity index (χ3n) is 4.84. The van der Waals surface area contributed by atoms with Gasteiger partial charge in [-0.2, -0.15) is 13.2 Å². The lowest BCUT2D eigenvalue weighted by Gasteiger charge is -2.24. The second-order valence-electron chi connectivity index (χ2n) is 7.58. The number of halogens is 3. The van der Waals surface area contributed by atoms with Crippen molar-refractivity contribution < 1.29 is 27.8 Å². The maximum atomic E-state index is 13.3. The van der Waals surface area contributed by atoms with E-state index in [4.69, 9.17) is 10.5 Å². The van der Waals surface area contributed by atoms with Gasteiger partial charge in [0.15, 0.2) is 0 Å². The molecule has 7 nitrogen and oxygen atoms in total. The standard InChI is InChI=1S/C22H21F3N4O3/c1-11(19(26)30)13-8-14-16(9-18(13)32-4)27-10-28-20(14)29-17-7-12(22(23,24)25)5-6-15(17)21(2,3)31/h5-10,31H,1H2,2-4H3,(H2,26,30)(H,27,28,29). The van der Waals surface area contributed by atoms with Crippen molar-refractivity contribution in [1.82, 2.24) is 9.97 Å². The fourth-order valence-corrected chi connectivity index (χ4v) is 3.21. The van der Waals surface area contributed by atoms with Crippen molar-refractivity contribution >= 4 is 33.9 Å². The number of amides is 1. The summed E-state index contributed by atoms with van der Waals surface area (Å²) >= 11 is 0. The largest absolute Gasteiger partial charge is 0.496 e. The average Bonchev–Trinajstić information content (AvgIpc) is 2.70. The van der Waals surface area contributed by atoms with Gasteiger partial charge in [-0.15, -0.1) is 0 Å². The van der Waals surface area contributed by atoms with E-state index in [1.54, 1.807) is 0 Å². The molecule has 32 heavy (non-hydrogen) atoms. The third kappa shape index (κ3) is 4.50. The summed E-state index contributed by atoms with van der Waals surface area (Å²) in [6.07, 6.45) is -3.36. The van der Waals surface area contributed by atoms with Gasteiger partial charge in [-0.05, 0) is 32.0 Å². The number of carbonyl (C=O) groups is 1. The Bertz CT molecular complexity index is 1220. The smallest absolute Gasteiger partial charge is 0.416 e. The molecule has 0 bridgehead atoms. The number of aromatic nitrogens is 2. The van der Waals surface area contributed by atoms with Gasteiger partial charge in [0.2, 0.25) is 5.91 Å². The molecule has 1 amide bonds. The highest BCUT2D eigenvalue weighted by Gasteiger charge is 2.32. The quantitative estimate of drug-likeness (QED) is 0.491. The number of primary amides is 1. The summed E-state index contributed by atoms with van der Waals surface area (Å²) in [5.41, 5.74) is 3.93. The lowest BCUT2D eigenvalue weighted by atomic mass is 9.94. The van der Waals surface area contributed by atoms with E-state index >= 15 is 0 Å². The number of benzene rings is 2. The monoisotopic (exact) mass is 446 g/mol. The number of aliphatic hydroxyl groups is 1. The van der Waals surface area contributed by atoms with Crippen LogP contribution in [0.25, 0.3) is 16.5 Å². The summed E-state index contributed by atoms with van der Waals surface area (Å²) in [5.74, 6) is -0.320. The number of hydrogen-bond acceptors (Lipinski definition) is 6. The van der Waals surface area contributed by atoms with Crippen LogP contribution in [0.2, 0.25) is 0 Å². The fraction of sp³-hybridized carbons (Fsp3) is 0.227. The highest BCUT2D eigenvalue weighted by atomic mass is 19.4. The Labute approximate surface area is 181 Å². The van der Waals surface area contributed by atoms with E-state index in [1.165, 1.54) is 45.5 Å². The summed E-state index contributed by atoms with van der Waals surface area (Å²) < 4.78 is 45.2. The first kappa shape index (κ1) is 23.0. The van der Waals surface area contributed by atoms with Gasteiger partial charge in [0.25, 0.3) is 0 Å². The van der Waals surface area contributed by atoms with E-state index in [0.717, 1.165) is 12.1 Å². The minimum atomic E-state index is -4.58. The van der Waals surface area contributed by atoms with E-state index in [0.29, 0.717) is 16.7 Å². The zero-order chi connectivity index (χ0) is 23.8. The van der Waals surface area contributed by atoms with Crippen LogP contribution in [0.1, 0.15) is 30.5 Å². The summed E-state index contributed by atoms with van der Waals surface area (Å²) in [6, 6.07) is 6.05. The Morgan fingerprint density at radius 1 is 1.19 bits per heavy atom.